The Morgan fingerprint density at radius 1 is 1.03 bits per heavy atom. The fourth-order valence-electron chi connectivity index (χ4n) is 4.89. The number of fused-ring (bicyclic) bond motifs is 1. The summed E-state index contributed by atoms with van der Waals surface area (Å²) in [6.07, 6.45) is -0.428. The first kappa shape index (κ1) is 24.0. The van der Waals surface area contributed by atoms with Crippen molar-refractivity contribution in [3.8, 4) is 28.7 Å². The van der Waals surface area contributed by atoms with E-state index in [1.165, 1.54) is 7.11 Å². The minimum absolute atomic E-state index is 0.0412. The molecule has 0 aromatic heterocycles. The van der Waals surface area contributed by atoms with E-state index in [0.717, 1.165) is 53.2 Å². The Morgan fingerprint density at radius 2 is 1.81 bits per heavy atom. The highest BCUT2D eigenvalue weighted by Crippen LogP contribution is 2.48. The fraction of sp³-hybridized carbons (Fsp3) is 0.310. The zero-order valence-electron chi connectivity index (χ0n) is 20.4. The van der Waals surface area contributed by atoms with Gasteiger partial charge in [0.25, 0.3) is 0 Å². The Morgan fingerprint density at radius 3 is 2.50 bits per heavy atom. The molecule has 3 aromatic rings. The molecule has 0 saturated carbocycles. The van der Waals surface area contributed by atoms with Gasteiger partial charge < -0.3 is 24.4 Å². The normalized spacial score (nSPS) is 17.8. The molecule has 1 unspecified atom stereocenters. The molecule has 2 aliphatic rings. The van der Waals surface area contributed by atoms with Gasteiger partial charge in [-0.15, -0.1) is 0 Å². The van der Waals surface area contributed by atoms with E-state index >= 15 is 0 Å². The molecule has 6 nitrogen and oxygen atoms in total. The second-order valence-corrected chi connectivity index (χ2v) is 9.30. The smallest absolute Gasteiger partial charge is 0.160 e. The van der Waals surface area contributed by atoms with Crippen LogP contribution >= 0.6 is 0 Å². The SMILES string of the molecule is COc1ccc(C2=C(C)c3cc(O)ccc3OC2c2ccc(OCCN3CC(CF)C3)cc2)cc1O. The van der Waals surface area contributed by atoms with Gasteiger partial charge >= 0.3 is 0 Å². The van der Waals surface area contributed by atoms with Crippen LogP contribution in [0.2, 0.25) is 0 Å². The van der Waals surface area contributed by atoms with E-state index in [1.807, 2.05) is 37.3 Å². The fourth-order valence-corrected chi connectivity index (χ4v) is 4.89. The number of likely N-dealkylation sites (tertiary alicyclic amines) is 1. The molecular weight excluding hydrogens is 461 g/mol. The molecule has 1 fully saturated rings. The van der Waals surface area contributed by atoms with Crippen molar-refractivity contribution in [2.75, 3.05) is 40.0 Å². The Hall–Kier alpha value is -3.71. The molecule has 0 spiro atoms. The highest BCUT2D eigenvalue weighted by molar-refractivity contribution is 5.96. The summed E-state index contributed by atoms with van der Waals surface area (Å²) in [7, 11) is 1.51. The average molecular weight is 492 g/mol. The zero-order chi connectivity index (χ0) is 25.2. The van der Waals surface area contributed by atoms with E-state index in [4.69, 9.17) is 14.2 Å². The number of allylic oxidation sites excluding steroid dienone is 1. The largest absolute Gasteiger partial charge is 0.508 e. The first-order valence-electron chi connectivity index (χ1n) is 12.1. The van der Waals surface area contributed by atoms with Crippen molar-refractivity contribution < 1.29 is 28.8 Å². The number of hydrogen-bond acceptors (Lipinski definition) is 6. The van der Waals surface area contributed by atoms with E-state index < -0.39 is 6.10 Å². The van der Waals surface area contributed by atoms with Gasteiger partial charge in [0.05, 0.1) is 13.8 Å². The summed E-state index contributed by atoms with van der Waals surface area (Å²) in [6, 6.07) is 18.1. The predicted molar refractivity (Wildman–Crippen MR) is 136 cm³/mol. The van der Waals surface area contributed by atoms with Gasteiger partial charge in [0.1, 0.15) is 30.0 Å². The molecule has 2 heterocycles. The molecule has 0 bridgehead atoms. The third kappa shape index (κ3) is 4.71. The molecule has 7 heteroatoms. The van der Waals surface area contributed by atoms with Crippen molar-refractivity contribution in [3.05, 3.63) is 77.4 Å². The molecule has 2 N–H and O–H groups in total. The first-order chi connectivity index (χ1) is 17.5. The molecule has 5 rings (SSSR count). The lowest BCUT2D eigenvalue weighted by Gasteiger charge is -2.37. The van der Waals surface area contributed by atoms with Crippen LogP contribution in [0.3, 0.4) is 0 Å². The minimum atomic E-state index is -0.428. The number of phenolic OH excluding ortho intramolecular Hbond substituents is 2. The highest BCUT2D eigenvalue weighted by Gasteiger charge is 2.30. The van der Waals surface area contributed by atoms with Crippen LogP contribution in [0.4, 0.5) is 4.39 Å². The van der Waals surface area contributed by atoms with Crippen molar-refractivity contribution in [2.24, 2.45) is 5.92 Å². The topological polar surface area (TPSA) is 71.4 Å². The maximum Gasteiger partial charge on any atom is 0.160 e. The number of aromatic hydroxyl groups is 2. The van der Waals surface area contributed by atoms with E-state index in [-0.39, 0.29) is 24.1 Å². The van der Waals surface area contributed by atoms with Gasteiger partial charge in [-0.25, -0.2) is 0 Å². The van der Waals surface area contributed by atoms with E-state index in [2.05, 4.69) is 4.90 Å². The lowest BCUT2D eigenvalue weighted by molar-refractivity contribution is 0.0668. The third-order valence-corrected chi connectivity index (χ3v) is 6.88. The van der Waals surface area contributed by atoms with Crippen LogP contribution in [-0.2, 0) is 0 Å². The quantitative estimate of drug-likeness (QED) is 0.437. The highest BCUT2D eigenvalue weighted by atomic mass is 19.1. The van der Waals surface area contributed by atoms with Crippen molar-refractivity contribution in [3.63, 3.8) is 0 Å². The molecule has 0 amide bonds. The molecule has 3 aromatic carbocycles. The van der Waals surface area contributed by atoms with Crippen LogP contribution in [0.5, 0.6) is 28.7 Å². The number of rotatable bonds is 8. The van der Waals surface area contributed by atoms with Crippen LogP contribution in [0.15, 0.2) is 60.7 Å². The first-order valence-corrected chi connectivity index (χ1v) is 12.1. The lowest BCUT2D eigenvalue weighted by Crippen LogP contribution is -2.49. The molecule has 188 valence electrons. The van der Waals surface area contributed by atoms with Gasteiger partial charge in [-0.05, 0) is 66.1 Å². The Bertz CT molecular complexity index is 1270. The molecule has 36 heavy (non-hydrogen) atoms. The van der Waals surface area contributed by atoms with Crippen LogP contribution in [-0.4, -0.2) is 55.1 Å². The number of methoxy groups -OCH3 is 1. The van der Waals surface area contributed by atoms with Gasteiger partial charge in [-0.1, -0.05) is 18.2 Å². The maximum absolute atomic E-state index is 12.6. The second kappa shape index (κ2) is 10.1. The summed E-state index contributed by atoms with van der Waals surface area (Å²) >= 11 is 0. The van der Waals surface area contributed by atoms with Crippen molar-refractivity contribution in [1.82, 2.24) is 4.90 Å². The summed E-state index contributed by atoms with van der Waals surface area (Å²) in [4.78, 5) is 2.19. The number of halogens is 1. The standard InChI is InChI=1S/C29H30FNO5/c1-18-24-14-22(32)6-10-26(24)36-29(28(18)21-5-9-27(34-2)25(33)13-21)20-3-7-23(8-4-20)35-12-11-31-16-19(15-30)17-31/h3-10,13-14,19,29,32-33H,11-12,15-17H2,1-2H3. The number of nitrogens with zero attached hydrogens (tertiary/aromatic N) is 1. The summed E-state index contributed by atoms with van der Waals surface area (Å²) in [5.74, 6) is 2.20. The molecule has 0 aliphatic carbocycles. The van der Waals surface area contributed by atoms with Crippen LogP contribution in [0, 0.1) is 5.92 Å². The minimum Gasteiger partial charge on any atom is -0.508 e. The summed E-state index contributed by atoms with van der Waals surface area (Å²) in [5, 5.41) is 20.5. The van der Waals surface area contributed by atoms with Gasteiger partial charge in [0.15, 0.2) is 11.5 Å². The summed E-state index contributed by atoms with van der Waals surface area (Å²) in [5.41, 5.74) is 4.37. The maximum atomic E-state index is 12.6. The number of benzene rings is 3. The third-order valence-electron chi connectivity index (χ3n) is 6.88. The Labute approximate surface area is 210 Å². The molecule has 1 saturated heterocycles. The van der Waals surface area contributed by atoms with Gasteiger partial charge in [0, 0.05) is 36.7 Å². The van der Waals surface area contributed by atoms with Crippen molar-refractivity contribution in [1.29, 1.82) is 0 Å². The number of hydrogen-bond donors (Lipinski definition) is 2. The van der Waals surface area contributed by atoms with Gasteiger partial charge in [-0.3, -0.25) is 9.29 Å². The summed E-state index contributed by atoms with van der Waals surface area (Å²) in [6.45, 7) is 4.66. The van der Waals surface area contributed by atoms with Gasteiger partial charge in [0.2, 0.25) is 0 Å². The lowest BCUT2D eigenvalue weighted by atomic mass is 9.86. The number of ether oxygens (including phenoxy) is 3. The molecule has 0 radical (unpaired) electrons. The van der Waals surface area contributed by atoms with E-state index in [0.29, 0.717) is 18.1 Å². The van der Waals surface area contributed by atoms with Crippen molar-refractivity contribution >= 4 is 11.1 Å². The van der Waals surface area contributed by atoms with Gasteiger partial charge in [-0.2, -0.15) is 0 Å². The summed E-state index contributed by atoms with van der Waals surface area (Å²) < 4.78 is 30.2. The molecule has 1 atom stereocenters. The monoisotopic (exact) mass is 491 g/mol. The second-order valence-electron chi connectivity index (χ2n) is 9.30. The Balaban J connectivity index is 1.40. The predicted octanol–water partition coefficient (Wildman–Crippen LogP) is 5.45. The Kier molecular flexibility index (Phi) is 6.74. The van der Waals surface area contributed by atoms with Crippen LogP contribution in [0.25, 0.3) is 11.1 Å². The number of alkyl halides is 1. The molecular formula is C29H30FNO5. The van der Waals surface area contributed by atoms with E-state index in [9.17, 15) is 14.6 Å². The molecule has 2 aliphatic heterocycles. The van der Waals surface area contributed by atoms with Crippen LogP contribution in [0.1, 0.15) is 29.7 Å². The average Bonchev–Trinajstić information content (AvgIpc) is 2.86. The van der Waals surface area contributed by atoms with E-state index in [1.54, 1.807) is 30.3 Å². The number of phenols is 2. The zero-order valence-corrected chi connectivity index (χ0v) is 20.4. The van der Waals surface area contributed by atoms with Crippen molar-refractivity contribution in [2.45, 2.75) is 13.0 Å². The van der Waals surface area contributed by atoms with Crippen LogP contribution < -0.4 is 14.2 Å².